The summed E-state index contributed by atoms with van der Waals surface area (Å²) in [5.41, 5.74) is 3.15. The second kappa shape index (κ2) is 7.75. The van der Waals surface area contributed by atoms with Gasteiger partial charge in [-0.2, -0.15) is 0 Å². The smallest absolute Gasteiger partial charge is 0.302 e. The molecular formula is C21H22BrN3O3. The van der Waals surface area contributed by atoms with Crippen molar-refractivity contribution in [1.29, 1.82) is 0 Å². The normalized spacial score (nSPS) is 12.0. The van der Waals surface area contributed by atoms with Gasteiger partial charge in [0.05, 0.1) is 5.52 Å². The Labute approximate surface area is 171 Å². The quantitative estimate of drug-likeness (QED) is 0.489. The van der Waals surface area contributed by atoms with E-state index in [9.17, 15) is 9.90 Å². The van der Waals surface area contributed by atoms with Gasteiger partial charge in [-0.05, 0) is 47.7 Å². The number of amides is 1. The summed E-state index contributed by atoms with van der Waals surface area (Å²) in [7, 11) is 0. The van der Waals surface area contributed by atoms with Crippen LogP contribution in [-0.4, -0.2) is 22.6 Å². The maximum Gasteiger partial charge on any atom is 0.302 e. The molecule has 0 fully saturated rings. The van der Waals surface area contributed by atoms with Crippen molar-refractivity contribution in [3.05, 3.63) is 52.0 Å². The van der Waals surface area contributed by atoms with Crippen molar-refractivity contribution in [2.75, 3.05) is 6.61 Å². The molecule has 6 nitrogen and oxygen atoms in total. The van der Waals surface area contributed by atoms with Crippen molar-refractivity contribution in [1.82, 2.24) is 4.98 Å². The Morgan fingerprint density at radius 2 is 1.89 bits per heavy atom. The van der Waals surface area contributed by atoms with Gasteiger partial charge in [0.15, 0.2) is 12.3 Å². The number of ether oxygens (including phenoxy) is 1. The van der Waals surface area contributed by atoms with Gasteiger partial charge in [-0.15, -0.1) is 10.2 Å². The summed E-state index contributed by atoms with van der Waals surface area (Å²) in [4.78, 5) is 14.8. The lowest BCUT2D eigenvalue weighted by molar-refractivity contribution is -0.120. The van der Waals surface area contributed by atoms with E-state index in [1.807, 2.05) is 43.3 Å². The average molecular weight is 444 g/mol. The van der Waals surface area contributed by atoms with Gasteiger partial charge in [0, 0.05) is 9.86 Å². The SMILES string of the molecule is Cc1cc2c(N=NC(=O)COc3ccc(C(C)(C)C)cc3)c(O)[nH]c2cc1Br. The number of H-pyrrole nitrogens is 1. The van der Waals surface area contributed by atoms with E-state index >= 15 is 0 Å². The monoisotopic (exact) mass is 443 g/mol. The Kier molecular flexibility index (Phi) is 5.56. The third kappa shape index (κ3) is 4.42. The molecule has 0 unspecified atom stereocenters. The Morgan fingerprint density at radius 1 is 1.21 bits per heavy atom. The van der Waals surface area contributed by atoms with E-state index in [2.05, 4.69) is 51.9 Å². The van der Waals surface area contributed by atoms with Gasteiger partial charge in [0.1, 0.15) is 5.75 Å². The van der Waals surface area contributed by atoms with Crippen molar-refractivity contribution in [3.63, 3.8) is 0 Å². The molecule has 0 aliphatic heterocycles. The summed E-state index contributed by atoms with van der Waals surface area (Å²) < 4.78 is 6.39. The van der Waals surface area contributed by atoms with Gasteiger partial charge < -0.3 is 14.8 Å². The molecule has 3 rings (SSSR count). The summed E-state index contributed by atoms with van der Waals surface area (Å²) in [6.45, 7) is 8.09. The third-order valence-corrected chi connectivity index (χ3v) is 5.23. The minimum absolute atomic E-state index is 0.0534. The fraction of sp³-hybridized carbons (Fsp3) is 0.286. The highest BCUT2D eigenvalue weighted by molar-refractivity contribution is 9.10. The molecular weight excluding hydrogens is 422 g/mol. The first-order chi connectivity index (χ1) is 13.1. The Hall–Kier alpha value is -2.67. The number of aromatic hydroxyl groups is 1. The average Bonchev–Trinajstić information content (AvgIpc) is 2.92. The predicted molar refractivity (Wildman–Crippen MR) is 113 cm³/mol. The number of aryl methyl sites for hydroxylation is 1. The number of azo groups is 1. The molecule has 1 heterocycles. The standard InChI is InChI=1S/C21H22BrN3O3/c1-12-9-15-17(10-16(12)22)23-20(27)19(15)25-24-18(26)11-28-14-7-5-13(6-8-14)21(2,3)4/h5-10,23,27H,11H2,1-4H3. The topological polar surface area (TPSA) is 87.0 Å². The number of aromatic amines is 1. The van der Waals surface area contributed by atoms with Crippen LogP contribution in [0.4, 0.5) is 5.69 Å². The van der Waals surface area contributed by atoms with Crippen LogP contribution in [0.3, 0.4) is 0 Å². The van der Waals surface area contributed by atoms with Crippen LogP contribution in [0.2, 0.25) is 0 Å². The lowest BCUT2D eigenvalue weighted by Crippen LogP contribution is -2.11. The number of carbonyl (C=O) groups excluding carboxylic acids is 1. The van der Waals surface area contributed by atoms with Crippen LogP contribution >= 0.6 is 15.9 Å². The molecule has 3 aromatic rings. The zero-order chi connectivity index (χ0) is 20.5. The van der Waals surface area contributed by atoms with Crippen LogP contribution in [0.1, 0.15) is 31.9 Å². The summed E-state index contributed by atoms with van der Waals surface area (Å²) in [5, 5.41) is 18.3. The zero-order valence-electron chi connectivity index (χ0n) is 16.2. The first-order valence-electron chi connectivity index (χ1n) is 8.84. The van der Waals surface area contributed by atoms with Gasteiger partial charge in [0.2, 0.25) is 5.88 Å². The highest BCUT2D eigenvalue weighted by atomic mass is 79.9. The highest BCUT2D eigenvalue weighted by Gasteiger charge is 2.14. The Balaban J connectivity index is 1.68. The van der Waals surface area contributed by atoms with E-state index in [0.717, 1.165) is 10.0 Å². The van der Waals surface area contributed by atoms with Crippen molar-refractivity contribution < 1.29 is 14.6 Å². The van der Waals surface area contributed by atoms with Gasteiger partial charge in [0.25, 0.3) is 0 Å². The van der Waals surface area contributed by atoms with Gasteiger partial charge in [-0.3, -0.25) is 4.79 Å². The first kappa shape index (κ1) is 20.1. The molecule has 2 aromatic carbocycles. The highest BCUT2D eigenvalue weighted by Crippen LogP contribution is 2.37. The number of halogens is 1. The number of hydrogen-bond acceptors (Lipinski definition) is 4. The summed E-state index contributed by atoms with van der Waals surface area (Å²) >= 11 is 3.44. The molecule has 146 valence electrons. The summed E-state index contributed by atoms with van der Waals surface area (Å²) in [5.74, 6) is -0.0859. The van der Waals surface area contributed by atoms with E-state index < -0.39 is 5.91 Å². The van der Waals surface area contributed by atoms with Gasteiger partial charge in [-0.1, -0.05) is 48.8 Å². The number of rotatable bonds is 4. The molecule has 2 N–H and O–H groups in total. The second-order valence-electron chi connectivity index (χ2n) is 7.63. The molecule has 7 heteroatoms. The van der Waals surface area contributed by atoms with Crippen LogP contribution in [0, 0.1) is 6.92 Å². The number of nitrogens with one attached hydrogen (secondary N) is 1. The maximum atomic E-state index is 12.0. The molecule has 0 aliphatic carbocycles. The van der Waals surface area contributed by atoms with E-state index in [1.54, 1.807) is 0 Å². The number of carbonyl (C=O) groups is 1. The van der Waals surface area contributed by atoms with Gasteiger partial charge >= 0.3 is 5.91 Å². The van der Waals surface area contributed by atoms with E-state index in [0.29, 0.717) is 16.7 Å². The number of aromatic nitrogens is 1. The van der Waals surface area contributed by atoms with Crippen molar-refractivity contribution in [3.8, 4) is 11.6 Å². The number of hydrogen-bond donors (Lipinski definition) is 2. The number of benzene rings is 2. The van der Waals surface area contributed by atoms with Gasteiger partial charge in [-0.25, -0.2) is 0 Å². The summed E-state index contributed by atoms with van der Waals surface area (Å²) in [6.07, 6.45) is 0. The number of nitrogens with zero attached hydrogens (tertiary/aromatic N) is 2. The molecule has 28 heavy (non-hydrogen) atoms. The van der Waals surface area contributed by atoms with E-state index in [4.69, 9.17) is 4.74 Å². The minimum atomic E-state index is -0.539. The number of fused-ring (bicyclic) bond motifs is 1. The second-order valence-corrected chi connectivity index (χ2v) is 8.48. The largest absolute Gasteiger partial charge is 0.493 e. The molecule has 0 saturated heterocycles. The minimum Gasteiger partial charge on any atom is -0.493 e. The fourth-order valence-corrected chi connectivity index (χ4v) is 3.07. The Bertz CT molecular complexity index is 1050. The molecule has 0 spiro atoms. The Morgan fingerprint density at radius 3 is 2.54 bits per heavy atom. The van der Waals surface area contributed by atoms with Crippen LogP contribution in [0.5, 0.6) is 11.6 Å². The van der Waals surface area contributed by atoms with Crippen LogP contribution in [0.25, 0.3) is 10.9 Å². The fourth-order valence-electron chi connectivity index (χ4n) is 2.73. The molecule has 0 radical (unpaired) electrons. The molecule has 1 aromatic heterocycles. The van der Waals surface area contributed by atoms with Crippen molar-refractivity contribution in [2.45, 2.75) is 33.1 Å². The molecule has 0 atom stereocenters. The predicted octanol–water partition coefficient (Wildman–Crippen LogP) is 5.93. The van der Waals surface area contributed by atoms with E-state index in [-0.39, 0.29) is 23.6 Å². The molecule has 0 saturated carbocycles. The molecule has 1 amide bonds. The van der Waals surface area contributed by atoms with Crippen LogP contribution < -0.4 is 4.74 Å². The van der Waals surface area contributed by atoms with Crippen LogP contribution in [-0.2, 0) is 10.2 Å². The van der Waals surface area contributed by atoms with Crippen LogP contribution in [0.15, 0.2) is 51.1 Å². The zero-order valence-corrected chi connectivity index (χ0v) is 17.8. The van der Waals surface area contributed by atoms with E-state index in [1.165, 1.54) is 5.56 Å². The lowest BCUT2D eigenvalue weighted by atomic mass is 9.87. The van der Waals surface area contributed by atoms with Crippen molar-refractivity contribution in [2.24, 2.45) is 10.2 Å². The van der Waals surface area contributed by atoms with Crippen molar-refractivity contribution >= 4 is 38.4 Å². The lowest BCUT2D eigenvalue weighted by Gasteiger charge is -2.19. The maximum absolute atomic E-state index is 12.0. The third-order valence-electron chi connectivity index (χ3n) is 4.38. The summed E-state index contributed by atoms with van der Waals surface area (Å²) in [6, 6.07) is 11.3. The molecule has 0 aliphatic rings. The molecule has 0 bridgehead atoms. The first-order valence-corrected chi connectivity index (χ1v) is 9.63.